The van der Waals surface area contributed by atoms with E-state index in [1.165, 1.54) is 11.8 Å². The molecule has 82 valence electrons. The average molecular weight is 255 g/mol. The standard InChI is InChI=1S/C8H7ClN6S/c9-7-10-4-3-6(11-7)16-8-12-13-14-15(8)5-1-2-5/h3-5H,1-2H2. The quantitative estimate of drug-likeness (QED) is 0.612. The number of hydrogen-bond acceptors (Lipinski definition) is 6. The molecule has 6 nitrogen and oxygen atoms in total. The van der Waals surface area contributed by atoms with Crippen molar-refractivity contribution in [1.82, 2.24) is 30.2 Å². The molecule has 1 aliphatic carbocycles. The largest absolute Gasteiger partial charge is 0.226 e. The molecule has 0 amide bonds. The van der Waals surface area contributed by atoms with Crippen LogP contribution in [-0.2, 0) is 0 Å². The third kappa shape index (κ3) is 2.00. The Balaban J connectivity index is 1.85. The molecule has 0 N–H and O–H groups in total. The molecule has 1 aliphatic rings. The van der Waals surface area contributed by atoms with E-state index in [4.69, 9.17) is 11.6 Å². The van der Waals surface area contributed by atoms with Gasteiger partial charge in [-0.3, -0.25) is 0 Å². The van der Waals surface area contributed by atoms with Crippen LogP contribution in [0.5, 0.6) is 0 Å². The Hall–Kier alpha value is -1.21. The summed E-state index contributed by atoms with van der Waals surface area (Å²) in [5.41, 5.74) is 0. The van der Waals surface area contributed by atoms with Crippen molar-refractivity contribution in [3.8, 4) is 0 Å². The Morgan fingerprint density at radius 3 is 3.06 bits per heavy atom. The fraction of sp³-hybridized carbons (Fsp3) is 0.375. The van der Waals surface area contributed by atoms with E-state index in [0.29, 0.717) is 6.04 Å². The van der Waals surface area contributed by atoms with E-state index in [-0.39, 0.29) is 5.28 Å². The smallest absolute Gasteiger partial charge is 0.223 e. The normalized spacial score (nSPS) is 15.3. The minimum absolute atomic E-state index is 0.232. The third-order valence-electron chi connectivity index (χ3n) is 2.15. The molecule has 0 saturated heterocycles. The molecule has 2 heterocycles. The molecule has 1 saturated carbocycles. The Labute approximate surface area is 100 Å². The van der Waals surface area contributed by atoms with Crippen molar-refractivity contribution >= 4 is 23.4 Å². The van der Waals surface area contributed by atoms with Gasteiger partial charge in [0.15, 0.2) is 0 Å². The van der Waals surface area contributed by atoms with Gasteiger partial charge in [0.1, 0.15) is 5.03 Å². The molecular weight excluding hydrogens is 248 g/mol. The minimum Gasteiger partial charge on any atom is -0.226 e. The van der Waals surface area contributed by atoms with Gasteiger partial charge in [-0.05, 0) is 52.7 Å². The summed E-state index contributed by atoms with van der Waals surface area (Å²) < 4.78 is 1.83. The molecule has 0 bridgehead atoms. The highest BCUT2D eigenvalue weighted by Gasteiger charge is 2.28. The van der Waals surface area contributed by atoms with Gasteiger partial charge >= 0.3 is 0 Å². The van der Waals surface area contributed by atoms with Crippen LogP contribution in [0.1, 0.15) is 18.9 Å². The summed E-state index contributed by atoms with van der Waals surface area (Å²) >= 11 is 7.10. The number of nitrogens with zero attached hydrogens (tertiary/aromatic N) is 6. The second kappa shape index (κ2) is 3.99. The van der Waals surface area contributed by atoms with Crippen LogP contribution in [-0.4, -0.2) is 30.2 Å². The van der Waals surface area contributed by atoms with Crippen LogP contribution in [0.3, 0.4) is 0 Å². The molecule has 0 atom stereocenters. The number of tetrazole rings is 1. The van der Waals surface area contributed by atoms with Crippen LogP contribution < -0.4 is 0 Å². The summed E-state index contributed by atoms with van der Waals surface area (Å²) in [5, 5.41) is 13.3. The Morgan fingerprint density at radius 1 is 1.44 bits per heavy atom. The van der Waals surface area contributed by atoms with Crippen LogP contribution in [0.25, 0.3) is 0 Å². The molecule has 0 radical (unpaired) electrons. The van der Waals surface area contributed by atoms with Gasteiger partial charge in [0.05, 0.1) is 6.04 Å². The molecule has 16 heavy (non-hydrogen) atoms. The van der Waals surface area contributed by atoms with E-state index in [2.05, 4.69) is 25.5 Å². The van der Waals surface area contributed by atoms with Crippen molar-refractivity contribution in [2.75, 3.05) is 0 Å². The molecule has 1 fully saturated rings. The van der Waals surface area contributed by atoms with E-state index in [9.17, 15) is 0 Å². The zero-order valence-corrected chi connectivity index (χ0v) is 9.69. The van der Waals surface area contributed by atoms with E-state index in [1.54, 1.807) is 12.3 Å². The number of rotatable bonds is 3. The van der Waals surface area contributed by atoms with Crippen molar-refractivity contribution in [3.63, 3.8) is 0 Å². The van der Waals surface area contributed by atoms with Crippen molar-refractivity contribution in [3.05, 3.63) is 17.5 Å². The number of halogens is 1. The molecule has 3 rings (SSSR count). The van der Waals surface area contributed by atoms with Gasteiger partial charge in [-0.1, -0.05) is 0 Å². The van der Waals surface area contributed by atoms with Gasteiger partial charge in [-0.2, -0.15) is 0 Å². The van der Waals surface area contributed by atoms with Crippen molar-refractivity contribution in [2.45, 2.75) is 29.1 Å². The summed E-state index contributed by atoms with van der Waals surface area (Å²) in [7, 11) is 0. The lowest BCUT2D eigenvalue weighted by molar-refractivity contribution is 0.565. The first-order valence-electron chi connectivity index (χ1n) is 4.77. The molecule has 0 unspecified atom stereocenters. The summed E-state index contributed by atoms with van der Waals surface area (Å²) in [6.45, 7) is 0. The molecule has 0 aromatic carbocycles. The highest BCUT2D eigenvalue weighted by molar-refractivity contribution is 7.99. The molecule has 0 aliphatic heterocycles. The molecule has 2 aromatic rings. The zero-order chi connectivity index (χ0) is 11.0. The van der Waals surface area contributed by atoms with E-state index < -0.39 is 0 Å². The topological polar surface area (TPSA) is 69.4 Å². The third-order valence-corrected chi connectivity index (χ3v) is 3.22. The summed E-state index contributed by atoms with van der Waals surface area (Å²) in [4.78, 5) is 7.90. The maximum absolute atomic E-state index is 5.71. The fourth-order valence-corrected chi connectivity index (χ4v) is 2.27. The van der Waals surface area contributed by atoms with Gasteiger partial charge in [-0.15, -0.1) is 5.10 Å². The lowest BCUT2D eigenvalue weighted by Crippen LogP contribution is -1.98. The number of hydrogen-bond donors (Lipinski definition) is 0. The van der Waals surface area contributed by atoms with Crippen molar-refractivity contribution in [1.29, 1.82) is 0 Å². The van der Waals surface area contributed by atoms with E-state index in [0.717, 1.165) is 23.0 Å². The summed E-state index contributed by atoms with van der Waals surface area (Å²) in [6, 6.07) is 2.23. The SMILES string of the molecule is Clc1nccc(Sc2nnnn2C2CC2)n1. The predicted molar refractivity (Wildman–Crippen MR) is 57.3 cm³/mol. The monoisotopic (exact) mass is 254 g/mol. The lowest BCUT2D eigenvalue weighted by atomic mass is 10.7. The summed E-state index contributed by atoms with van der Waals surface area (Å²) in [6.07, 6.45) is 3.90. The zero-order valence-electron chi connectivity index (χ0n) is 8.12. The fourth-order valence-electron chi connectivity index (χ4n) is 1.27. The number of aromatic nitrogens is 6. The highest BCUT2D eigenvalue weighted by Crippen LogP contribution is 2.37. The lowest BCUT2D eigenvalue weighted by Gasteiger charge is -2.00. The second-order valence-corrected chi connectivity index (χ2v) is 4.73. The van der Waals surface area contributed by atoms with E-state index in [1.807, 2.05) is 4.68 Å². The second-order valence-electron chi connectivity index (χ2n) is 3.40. The molecular formula is C8H7ClN6S. The average Bonchev–Trinajstić information content (AvgIpc) is 3.00. The highest BCUT2D eigenvalue weighted by atomic mass is 35.5. The van der Waals surface area contributed by atoms with Gasteiger partial charge in [0.2, 0.25) is 10.4 Å². The van der Waals surface area contributed by atoms with Crippen molar-refractivity contribution in [2.24, 2.45) is 0 Å². The first-order chi connectivity index (χ1) is 7.83. The summed E-state index contributed by atoms with van der Waals surface area (Å²) in [5.74, 6) is 0. The minimum atomic E-state index is 0.232. The first kappa shape index (κ1) is 9.98. The van der Waals surface area contributed by atoms with E-state index >= 15 is 0 Å². The maximum atomic E-state index is 5.71. The van der Waals surface area contributed by atoms with Crippen LogP contribution in [0.15, 0.2) is 22.4 Å². The van der Waals surface area contributed by atoms with Crippen LogP contribution in [0.4, 0.5) is 0 Å². The van der Waals surface area contributed by atoms with Gasteiger partial charge in [-0.25, -0.2) is 14.6 Å². The van der Waals surface area contributed by atoms with Gasteiger partial charge in [0, 0.05) is 6.20 Å². The van der Waals surface area contributed by atoms with Crippen LogP contribution >= 0.6 is 23.4 Å². The first-order valence-corrected chi connectivity index (χ1v) is 5.96. The maximum Gasteiger partial charge on any atom is 0.223 e. The molecule has 2 aromatic heterocycles. The Bertz CT molecular complexity index is 511. The molecule has 8 heteroatoms. The van der Waals surface area contributed by atoms with Gasteiger partial charge in [0.25, 0.3) is 0 Å². The van der Waals surface area contributed by atoms with Crippen LogP contribution in [0.2, 0.25) is 5.28 Å². The Kier molecular flexibility index (Phi) is 2.49. The predicted octanol–water partition coefficient (Wildman–Crippen LogP) is 1.60. The van der Waals surface area contributed by atoms with Crippen molar-refractivity contribution < 1.29 is 0 Å². The Morgan fingerprint density at radius 2 is 2.31 bits per heavy atom. The van der Waals surface area contributed by atoms with Crippen LogP contribution in [0, 0.1) is 0 Å². The molecule has 0 spiro atoms. The van der Waals surface area contributed by atoms with Gasteiger partial charge < -0.3 is 0 Å².